The second-order valence-corrected chi connectivity index (χ2v) is 5.74. The fourth-order valence-corrected chi connectivity index (χ4v) is 2.63. The summed E-state index contributed by atoms with van der Waals surface area (Å²) in [5, 5.41) is 0. The van der Waals surface area contributed by atoms with E-state index in [0.717, 1.165) is 6.16 Å². The summed E-state index contributed by atoms with van der Waals surface area (Å²) >= 11 is 0. The number of hydrogen-bond donors (Lipinski definition) is 0. The van der Waals surface area contributed by atoms with E-state index in [1.54, 1.807) is 14.2 Å². The van der Waals surface area contributed by atoms with Crippen molar-refractivity contribution in [1.82, 2.24) is 0 Å². The molecule has 15 heavy (non-hydrogen) atoms. The van der Waals surface area contributed by atoms with Crippen LogP contribution in [0.3, 0.4) is 0 Å². The van der Waals surface area contributed by atoms with Crippen LogP contribution in [0.25, 0.3) is 0 Å². The summed E-state index contributed by atoms with van der Waals surface area (Å²) in [6.07, 6.45) is 12.0. The first-order valence-corrected chi connectivity index (χ1v) is 7.57. The van der Waals surface area contributed by atoms with Gasteiger partial charge in [0.05, 0.1) is 0 Å². The maximum Gasteiger partial charge on any atom is 0.169 e. The molecule has 0 aliphatic carbocycles. The lowest BCUT2D eigenvalue weighted by molar-refractivity contribution is 0.339. The molecule has 0 fully saturated rings. The smallest absolute Gasteiger partial charge is 0.169 e. The van der Waals surface area contributed by atoms with Crippen LogP contribution in [-0.4, -0.2) is 20.4 Å². The van der Waals surface area contributed by atoms with E-state index in [1.807, 2.05) is 0 Å². The Morgan fingerprint density at radius 2 is 1.20 bits per heavy atom. The molecule has 0 aliphatic heterocycles. The van der Waals surface area contributed by atoms with Crippen molar-refractivity contribution in [2.75, 3.05) is 20.4 Å². The lowest BCUT2D eigenvalue weighted by Crippen LogP contribution is -1.89. The van der Waals surface area contributed by atoms with E-state index in [1.165, 1.54) is 51.4 Å². The molecule has 0 atom stereocenters. The average Bonchev–Trinajstić information content (AvgIpc) is 2.27. The second kappa shape index (κ2) is 12.4. The lowest BCUT2D eigenvalue weighted by atomic mass is 10.1. The monoisotopic (exact) mass is 234 g/mol. The van der Waals surface area contributed by atoms with Crippen LogP contribution in [0.4, 0.5) is 0 Å². The summed E-state index contributed by atoms with van der Waals surface area (Å²) in [5.41, 5.74) is 0. The van der Waals surface area contributed by atoms with Gasteiger partial charge in [-0.05, 0) is 6.42 Å². The van der Waals surface area contributed by atoms with Crippen molar-refractivity contribution in [3.05, 3.63) is 0 Å². The third kappa shape index (κ3) is 10.6. The van der Waals surface area contributed by atoms with Gasteiger partial charge in [-0.15, -0.1) is 0 Å². The van der Waals surface area contributed by atoms with Gasteiger partial charge < -0.3 is 9.05 Å². The fraction of sp³-hybridized carbons (Fsp3) is 1.00. The van der Waals surface area contributed by atoms with Crippen LogP contribution in [0.15, 0.2) is 0 Å². The minimum atomic E-state index is -0.586. The highest BCUT2D eigenvalue weighted by molar-refractivity contribution is 7.47. The van der Waals surface area contributed by atoms with Gasteiger partial charge in [-0.25, -0.2) is 0 Å². The normalized spacial score (nSPS) is 11.2. The quantitative estimate of drug-likeness (QED) is 0.380. The highest BCUT2D eigenvalue weighted by Crippen LogP contribution is 2.36. The lowest BCUT2D eigenvalue weighted by Gasteiger charge is -2.11. The van der Waals surface area contributed by atoms with Crippen molar-refractivity contribution in [3.8, 4) is 0 Å². The zero-order valence-corrected chi connectivity index (χ0v) is 11.5. The predicted octanol–water partition coefficient (Wildman–Crippen LogP) is 4.73. The first-order valence-electron chi connectivity index (χ1n) is 6.20. The van der Waals surface area contributed by atoms with E-state index >= 15 is 0 Å². The highest BCUT2D eigenvalue weighted by atomic mass is 31.2. The molecule has 0 aromatic carbocycles. The third-order valence-corrected chi connectivity index (χ3v) is 4.10. The zero-order chi connectivity index (χ0) is 11.4. The predicted molar refractivity (Wildman–Crippen MR) is 68.4 cm³/mol. The van der Waals surface area contributed by atoms with E-state index in [4.69, 9.17) is 9.05 Å². The Kier molecular flexibility index (Phi) is 12.7. The second-order valence-electron chi connectivity index (χ2n) is 3.90. The fourth-order valence-electron chi connectivity index (χ4n) is 1.63. The van der Waals surface area contributed by atoms with E-state index in [-0.39, 0.29) is 0 Å². The molecule has 0 saturated carbocycles. The molecule has 0 aromatic heterocycles. The molecule has 2 nitrogen and oxygen atoms in total. The molecule has 3 heteroatoms. The van der Waals surface area contributed by atoms with E-state index in [9.17, 15) is 0 Å². The first kappa shape index (κ1) is 15.3. The Labute approximate surface area is 96.7 Å². The van der Waals surface area contributed by atoms with Gasteiger partial charge in [0, 0.05) is 20.4 Å². The number of rotatable bonds is 11. The van der Waals surface area contributed by atoms with Gasteiger partial charge in [-0.2, -0.15) is 0 Å². The average molecular weight is 234 g/mol. The minimum absolute atomic E-state index is 0.586. The summed E-state index contributed by atoms with van der Waals surface area (Å²) in [6, 6.07) is 0. The van der Waals surface area contributed by atoms with Crippen molar-refractivity contribution in [3.63, 3.8) is 0 Å². The molecule has 0 spiro atoms. The Balaban J connectivity index is 3.04. The number of hydrogen-bond acceptors (Lipinski definition) is 2. The first-order chi connectivity index (χ1) is 7.35. The molecule has 0 N–H and O–H groups in total. The summed E-state index contributed by atoms with van der Waals surface area (Å²) in [5.74, 6) is 0. The molecule has 0 bridgehead atoms. The van der Waals surface area contributed by atoms with Gasteiger partial charge in [0.15, 0.2) is 8.38 Å². The van der Waals surface area contributed by atoms with Crippen molar-refractivity contribution < 1.29 is 9.05 Å². The molecule has 0 aromatic rings. The van der Waals surface area contributed by atoms with Crippen LogP contribution >= 0.6 is 8.38 Å². The summed E-state index contributed by atoms with van der Waals surface area (Å²) < 4.78 is 10.4. The van der Waals surface area contributed by atoms with Crippen molar-refractivity contribution in [1.29, 1.82) is 0 Å². The minimum Gasteiger partial charge on any atom is -0.337 e. The van der Waals surface area contributed by atoms with Gasteiger partial charge in [0.2, 0.25) is 0 Å². The molecule has 92 valence electrons. The van der Waals surface area contributed by atoms with Gasteiger partial charge in [-0.3, -0.25) is 0 Å². The molecule has 0 rings (SSSR count). The summed E-state index contributed by atoms with van der Waals surface area (Å²) in [4.78, 5) is 0. The molecule has 0 heterocycles. The van der Waals surface area contributed by atoms with Crippen LogP contribution in [0.1, 0.15) is 58.3 Å². The molecule has 0 saturated heterocycles. The highest BCUT2D eigenvalue weighted by Gasteiger charge is 2.04. The summed E-state index contributed by atoms with van der Waals surface area (Å²) in [6.45, 7) is 2.26. The molecule has 0 radical (unpaired) electrons. The zero-order valence-electron chi connectivity index (χ0n) is 10.6. The third-order valence-electron chi connectivity index (χ3n) is 2.60. The topological polar surface area (TPSA) is 18.5 Å². The molecular weight excluding hydrogens is 207 g/mol. The summed E-state index contributed by atoms with van der Waals surface area (Å²) in [7, 11) is 2.89. The number of unbranched alkanes of at least 4 members (excludes halogenated alkanes) is 7. The van der Waals surface area contributed by atoms with Gasteiger partial charge in [-0.1, -0.05) is 51.9 Å². The van der Waals surface area contributed by atoms with Gasteiger partial charge >= 0.3 is 0 Å². The Morgan fingerprint density at radius 1 is 0.733 bits per heavy atom. The molecule has 0 unspecified atom stereocenters. The van der Waals surface area contributed by atoms with Gasteiger partial charge in [0.1, 0.15) is 0 Å². The van der Waals surface area contributed by atoms with Crippen LogP contribution in [0.2, 0.25) is 0 Å². The molecular formula is C12H27O2P. The van der Waals surface area contributed by atoms with Crippen molar-refractivity contribution >= 4 is 8.38 Å². The van der Waals surface area contributed by atoms with E-state index < -0.39 is 8.38 Å². The van der Waals surface area contributed by atoms with Gasteiger partial charge in [0.25, 0.3) is 0 Å². The standard InChI is InChI=1S/C12H27O2P/c1-4-5-6-7-8-9-10-11-12-15(13-2)14-3/h4-12H2,1-3H3. The van der Waals surface area contributed by atoms with Crippen LogP contribution in [-0.2, 0) is 9.05 Å². The SMILES string of the molecule is CCCCCCCCCCP(OC)OC. The Bertz CT molecular complexity index is 116. The van der Waals surface area contributed by atoms with E-state index in [0.29, 0.717) is 0 Å². The van der Waals surface area contributed by atoms with Crippen molar-refractivity contribution in [2.24, 2.45) is 0 Å². The largest absolute Gasteiger partial charge is 0.337 e. The Hall–Kier alpha value is 0.350. The molecule has 0 aliphatic rings. The van der Waals surface area contributed by atoms with Crippen LogP contribution < -0.4 is 0 Å². The van der Waals surface area contributed by atoms with Crippen molar-refractivity contribution in [2.45, 2.75) is 58.3 Å². The van der Waals surface area contributed by atoms with Crippen LogP contribution in [0, 0.1) is 0 Å². The van der Waals surface area contributed by atoms with E-state index in [2.05, 4.69) is 6.92 Å². The maximum absolute atomic E-state index is 5.20. The molecule has 0 amide bonds. The van der Waals surface area contributed by atoms with Crippen LogP contribution in [0.5, 0.6) is 0 Å². The maximum atomic E-state index is 5.20. The Morgan fingerprint density at radius 3 is 1.67 bits per heavy atom.